The molecule has 0 aliphatic rings. The standard InChI is InChI=1S/C15H16Cl2N2O/c1-10(2)19-9-11-4-3-7-18-15(11)20-14-8-12(16)5-6-13(14)17/h3-8,10,19H,9H2,1-2H3. The van der Waals surface area contributed by atoms with Crippen LogP contribution in [0.5, 0.6) is 11.6 Å². The Kier molecular flexibility index (Phi) is 5.24. The van der Waals surface area contributed by atoms with Gasteiger partial charge in [0.25, 0.3) is 0 Å². The molecule has 1 aromatic heterocycles. The SMILES string of the molecule is CC(C)NCc1cccnc1Oc1cc(Cl)ccc1Cl. The fourth-order valence-corrected chi connectivity index (χ4v) is 1.94. The van der Waals surface area contributed by atoms with Crippen LogP contribution in [0, 0.1) is 0 Å². The van der Waals surface area contributed by atoms with Gasteiger partial charge >= 0.3 is 0 Å². The van der Waals surface area contributed by atoms with Crippen LogP contribution in [-0.2, 0) is 6.54 Å². The molecule has 1 aromatic carbocycles. The molecule has 106 valence electrons. The van der Waals surface area contributed by atoms with Gasteiger partial charge in [-0.2, -0.15) is 0 Å². The summed E-state index contributed by atoms with van der Waals surface area (Å²) in [6, 6.07) is 9.33. The van der Waals surface area contributed by atoms with Gasteiger partial charge < -0.3 is 10.1 Å². The zero-order chi connectivity index (χ0) is 14.5. The summed E-state index contributed by atoms with van der Waals surface area (Å²) in [7, 11) is 0. The first-order chi connectivity index (χ1) is 9.56. The van der Waals surface area contributed by atoms with Crippen molar-refractivity contribution in [3.8, 4) is 11.6 Å². The lowest BCUT2D eigenvalue weighted by Gasteiger charge is -2.13. The molecule has 3 nitrogen and oxygen atoms in total. The molecule has 0 saturated heterocycles. The summed E-state index contributed by atoms with van der Waals surface area (Å²) in [6.07, 6.45) is 1.69. The summed E-state index contributed by atoms with van der Waals surface area (Å²) >= 11 is 12.1. The second-order valence-corrected chi connectivity index (χ2v) is 5.52. The quantitative estimate of drug-likeness (QED) is 0.870. The number of halogens is 2. The van der Waals surface area contributed by atoms with Crippen LogP contribution >= 0.6 is 23.2 Å². The Hall–Kier alpha value is -1.29. The van der Waals surface area contributed by atoms with Gasteiger partial charge in [-0.05, 0) is 18.2 Å². The third-order valence-electron chi connectivity index (χ3n) is 2.65. The van der Waals surface area contributed by atoms with Crippen molar-refractivity contribution < 1.29 is 4.74 Å². The molecule has 0 unspecified atom stereocenters. The van der Waals surface area contributed by atoms with Gasteiger partial charge in [0.2, 0.25) is 5.88 Å². The first-order valence-corrected chi connectivity index (χ1v) is 7.12. The Morgan fingerprint density at radius 2 is 2.05 bits per heavy atom. The third-order valence-corrected chi connectivity index (χ3v) is 3.20. The molecule has 0 fully saturated rings. The van der Waals surface area contributed by atoms with Crippen molar-refractivity contribution in [1.29, 1.82) is 0 Å². The van der Waals surface area contributed by atoms with Crippen molar-refractivity contribution in [1.82, 2.24) is 10.3 Å². The molecule has 20 heavy (non-hydrogen) atoms. The van der Waals surface area contributed by atoms with Gasteiger partial charge in [-0.25, -0.2) is 4.98 Å². The van der Waals surface area contributed by atoms with Crippen LogP contribution in [0.4, 0.5) is 0 Å². The van der Waals surface area contributed by atoms with E-state index in [2.05, 4.69) is 24.1 Å². The van der Waals surface area contributed by atoms with Crippen LogP contribution in [0.25, 0.3) is 0 Å². The van der Waals surface area contributed by atoms with Gasteiger partial charge in [-0.1, -0.05) is 43.1 Å². The number of nitrogens with one attached hydrogen (secondary N) is 1. The Bertz CT molecular complexity index is 588. The van der Waals surface area contributed by atoms with Crippen molar-refractivity contribution >= 4 is 23.2 Å². The van der Waals surface area contributed by atoms with Crippen molar-refractivity contribution in [2.24, 2.45) is 0 Å². The summed E-state index contributed by atoms with van der Waals surface area (Å²) in [6.45, 7) is 4.86. The van der Waals surface area contributed by atoms with Crippen LogP contribution in [-0.4, -0.2) is 11.0 Å². The van der Waals surface area contributed by atoms with Gasteiger partial charge in [0.15, 0.2) is 0 Å². The van der Waals surface area contributed by atoms with Gasteiger partial charge in [0, 0.05) is 35.4 Å². The van der Waals surface area contributed by atoms with E-state index in [9.17, 15) is 0 Å². The summed E-state index contributed by atoms with van der Waals surface area (Å²) in [4.78, 5) is 4.26. The largest absolute Gasteiger partial charge is 0.437 e. The summed E-state index contributed by atoms with van der Waals surface area (Å²) in [5, 5.41) is 4.41. The number of aromatic nitrogens is 1. The Balaban J connectivity index is 2.22. The number of benzene rings is 1. The predicted octanol–water partition coefficient (Wildman–Crippen LogP) is 4.68. The maximum Gasteiger partial charge on any atom is 0.223 e. The van der Waals surface area contributed by atoms with Gasteiger partial charge in [-0.15, -0.1) is 0 Å². The van der Waals surface area contributed by atoms with E-state index in [-0.39, 0.29) is 0 Å². The fraction of sp³-hybridized carbons (Fsp3) is 0.267. The lowest BCUT2D eigenvalue weighted by molar-refractivity contribution is 0.450. The molecule has 0 atom stereocenters. The molecule has 0 amide bonds. The van der Waals surface area contributed by atoms with Crippen LogP contribution < -0.4 is 10.1 Å². The molecule has 0 aliphatic carbocycles. The highest BCUT2D eigenvalue weighted by molar-refractivity contribution is 6.34. The number of nitrogens with zero attached hydrogens (tertiary/aromatic N) is 1. The van der Waals surface area contributed by atoms with E-state index in [1.54, 1.807) is 24.4 Å². The van der Waals surface area contributed by atoms with Crippen LogP contribution in [0.3, 0.4) is 0 Å². The normalized spacial score (nSPS) is 10.8. The van der Waals surface area contributed by atoms with Gasteiger partial charge in [0.05, 0.1) is 5.02 Å². The van der Waals surface area contributed by atoms with Crippen molar-refractivity contribution in [3.63, 3.8) is 0 Å². The maximum atomic E-state index is 6.10. The van der Waals surface area contributed by atoms with E-state index >= 15 is 0 Å². The molecule has 2 aromatic rings. The first-order valence-electron chi connectivity index (χ1n) is 6.36. The fourth-order valence-electron chi connectivity index (χ4n) is 1.62. The second-order valence-electron chi connectivity index (χ2n) is 4.68. The predicted molar refractivity (Wildman–Crippen MR) is 82.7 cm³/mol. The zero-order valence-electron chi connectivity index (χ0n) is 11.4. The topological polar surface area (TPSA) is 34.2 Å². The number of rotatable bonds is 5. The molecule has 1 heterocycles. The molecule has 2 rings (SSSR count). The third kappa shape index (κ3) is 4.10. The van der Waals surface area contributed by atoms with Crippen molar-refractivity contribution in [3.05, 3.63) is 52.1 Å². The van der Waals surface area contributed by atoms with E-state index in [1.165, 1.54) is 0 Å². The number of ether oxygens (including phenoxy) is 1. The molecule has 0 spiro atoms. The average molecular weight is 311 g/mol. The Morgan fingerprint density at radius 3 is 2.80 bits per heavy atom. The van der Waals surface area contributed by atoms with Crippen LogP contribution in [0.1, 0.15) is 19.4 Å². The first kappa shape index (κ1) is 15.1. The lowest BCUT2D eigenvalue weighted by Crippen LogP contribution is -2.22. The Labute approximate surface area is 128 Å². The minimum absolute atomic E-state index is 0.387. The van der Waals surface area contributed by atoms with Gasteiger partial charge in [0.1, 0.15) is 5.75 Å². The van der Waals surface area contributed by atoms with E-state index in [0.29, 0.717) is 34.3 Å². The highest BCUT2D eigenvalue weighted by atomic mass is 35.5. The number of pyridine rings is 1. The molecule has 0 radical (unpaired) electrons. The molecule has 1 N–H and O–H groups in total. The summed E-state index contributed by atoms with van der Waals surface area (Å²) in [5.74, 6) is 1.04. The molecule has 5 heteroatoms. The minimum atomic E-state index is 0.387. The average Bonchev–Trinajstić information content (AvgIpc) is 2.42. The molecule has 0 saturated carbocycles. The summed E-state index contributed by atoms with van der Waals surface area (Å²) < 4.78 is 5.79. The number of hydrogen-bond donors (Lipinski definition) is 1. The summed E-state index contributed by atoms with van der Waals surface area (Å²) in [5.41, 5.74) is 0.970. The second kappa shape index (κ2) is 6.93. The molecular weight excluding hydrogens is 295 g/mol. The maximum absolute atomic E-state index is 6.10. The van der Waals surface area contributed by atoms with E-state index in [0.717, 1.165) is 5.56 Å². The monoisotopic (exact) mass is 310 g/mol. The van der Waals surface area contributed by atoms with Gasteiger partial charge in [-0.3, -0.25) is 0 Å². The van der Waals surface area contributed by atoms with E-state index < -0.39 is 0 Å². The molecule has 0 bridgehead atoms. The van der Waals surface area contributed by atoms with Crippen molar-refractivity contribution in [2.75, 3.05) is 0 Å². The minimum Gasteiger partial charge on any atom is -0.437 e. The van der Waals surface area contributed by atoms with E-state index in [4.69, 9.17) is 27.9 Å². The highest BCUT2D eigenvalue weighted by Crippen LogP contribution is 2.32. The van der Waals surface area contributed by atoms with Crippen LogP contribution in [0.2, 0.25) is 10.0 Å². The smallest absolute Gasteiger partial charge is 0.223 e. The number of hydrogen-bond acceptors (Lipinski definition) is 3. The molecule has 0 aliphatic heterocycles. The molecular formula is C15H16Cl2N2O. The van der Waals surface area contributed by atoms with Crippen molar-refractivity contribution in [2.45, 2.75) is 26.4 Å². The van der Waals surface area contributed by atoms with E-state index in [1.807, 2.05) is 12.1 Å². The van der Waals surface area contributed by atoms with Crippen LogP contribution in [0.15, 0.2) is 36.5 Å². The zero-order valence-corrected chi connectivity index (χ0v) is 12.9. The highest BCUT2D eigenvalue weighted by Gasteiger charge is 2.09. The Morgan fingerprint density at radius 1 is 1.25 bits per heavy atom. The lowest BCUT2D eigenvalue weighted by atomic mass is 10.2.